The fraction of sp³-hybridized carbons (Fsp3) is 0.650. The van der Waals surface area contributed by atoms with Crippen LogP contribution in [0.5, 0.6) is 0 Å². The second-order valence-electron chi connectivity index (χ2n) is 7.58. The van der Waals surface area contributed by atoms with E-state index >= 15 is 0 Å². The van der Waals surface area contributed by atoms with E-state index in [9.17, 15) is 14.9 Å². The van der Waals surface area contributed by atoms with Crippen molar-refractivity contribution in [2.45, 2.75) is 45.2 Å². The van der Waals surface area contributed by atoms with Gasteiger partial charge in [-0.2, -0.15) is 0 Å². The van der Waals surface area contributed by atoms with Gasteiger partial charge in [-0.25, -0.2) is 0 Å². The second-order valence-corrected chi connectivity index (χ2v) is 7.58. The number of piperazine rings is 1. The zero-order chi connectivity index (χ0) is 19.2. The average molecular weight is 374 g/mol. The first-order valence-corrected chi connectivity index (χ1v) is 10.1. The molecule has 2 heterocycles. The van der Waals surface area contributed by atoms with Crippen molar-refractivity contribution in [3.05, 3.63) is 39.9 Å². The zero-order valence-corrected chi connectivity index (χ0v) is 16.2. The molecule has 2 aliphatic rings. The number of benzene rings is 1. The minimum Gasteiger partial charge on any atom is -0.339 e. The standard InChI is InChI=1S/C20H30N4O3/c1-2-9-22-10-4-3-8-19(22)20(25)23-13-11-21(12-14-23)16-17-6-5-7-18(15-17)24(26)27/h5-7,15,19H,2-4,8-14,16H2,1H3. The number of piperidine rings is 1. The van der Waals surface area contributed by atoms with Crippen molar-refractivity contribution >= 4 is 11.6 Å². The summed E-state index contributed by atoms with van der Waals surface area (Å²) in [6.45, 7) is 8.01. The molecule has 1 amide bonds. The monoisotopic (exact) mass is 374 g/mol. The van der Waals surface area contributed by atoms with E-state index in [2.05, 4.69) is 16.7 Å². The number of nitrogens with zero attached hydrogens (tertiary/aromatic N) is 4. The minimum absolute atomic E-state index is 0.0574. The highest BCUT2D eigenvalue weighted by molar-refractivity contribution is 5.82. The molecule has 0 aromatic heterocycles. The maximum Gasteiger partial charge on any atom is 0.269 e. The van der Waals surface area contributed by atoms with E-state index in [4.69, 9.17) is 0 Å². The van der Waals surface area contributed by atoms with Crippen molar-refractivity contribution < 1.29 is 9.72 Å². The van der Waals surface area contributed by atoms with Gasteiger partial charge in [-0.15, -0.1) is 0 Å². The number of amides is 1. The molecule has 1 unspecified atom stereocenters. The van der Waals surface area contributed by atoms with Gasteiger partial charge >= 0.3 is 0 Å². The van der Waals surface area contributed by atoms with Crippen LogP contribution in [-0.2, 0) is 11.3 Å². The Morgan fingerprint density at radius 3 is 2.67 bits per heavy atom. The third-order valence-corrected chi connectivity index (χ3v) is 5.62. The van der Waals surface area contributed by atoms with Crippen LogP contribution < -0.4 is 0 Å². The third kappa shape index (κ3) is 5.05. The summed E-state index contributed by atoms with van der Waals surface area (Å²) in [5, 5.41) is 10.9. The Kier molecular flexibility index (Phi) is 6.79. The molecule has 1 atom stereocenters. The van der Waals surface area contributed by atoms with Crippen LogP contribution in [0.1, 0.15) is 38.2 Å². The lowest BCUT2D eigenvalue weighted by molar-refractivity contribution is -0.384. The number of nitro benzene ring substituents is 1. The number of nitro groups is 1. The fourth-order valence-corrected chi connectivity index (χ4v) is 4.19. The van der Waals surface area contributed by atoms with Crippen molar-refractivity contribution in [1.82, 2.24) is 14.7 Å². The molecule has 0 radical (unpaired) electrons. The Bertz CT molecular complexity index is 656. The molecule has 2 fully saturated rings. The van der Waals surface area contributed by atoms with E-state index in [0.717, 1.165) is 64.1 Å². The number of carbonyl (C=O) groups is 1. The highest BCUT2D eigenvalue weighted by Crippen LogP contribution is 2.21. The Labute approximate surface area is 161 Å². The lowest BCUT2D eigenvalue weighted by Gasteiger charge is -2.40. The second kappa shape index (κ2) is 9.28. The lowest BCUT2D eigenvalue weighted by Crippen LogP contribution is -2.56. The molecule has 3 rings (SSSR count). The predicted octanol–water partition coefficient (Wildman–Crippen LogP) is 2.50. The van der Waals surface area contributed by atoms with E-state index < -0.39 is 0 Å². The van der Waals surface area contributed by atoms with Gasteiger partial charge in [-0.3, -0.25) is 24.7 Å². The summed E-state index contributed by atoms with van der Waals surface area (Å²) in [4.78, 5) is 30.2. The summed E-state index contributed by atoms with van der Waals surface area (Å²) >= 11 is 0. The summed E-state index contributed by atoms with van der Waals surface area (Å²) in [5.74, 6) is 0.290. The Hall–Kier alpha value is -1.99. The molecule has 0 aliphatic carbocycles. The Morgan fingerprint density at radius 2 is 1.96 bits per heavy atom. The van der Waals surface area contributed by atoms with Crippen LogP contribution in [0, 0.1) is 10.1 Å². The topological polar surface area (TPSA) is 69.9 Å². The van der Waals surface area contributed by atoms with Crippen molar-refractivity contribution in [2.24, 2.45) is 0 Å². The first kappa shape index (κ1) is 19.8. The van der Waals surface area contributed by atoms with E-state index in [1.165, 1.54) is 12.5 Å². The van der Waals surface area contributed by atoms with Crippen LogP contribution >= 0.6 is 0 Å². The number of likely N-dealkylation sites (tertiary alicyclic amines) is 1. The van der Waals surface area contributed by atoms with Gasteiger partial charge < -0.3 is 4.90 Å². The summed E-state index contributed by atoms with van der Waals surface area (Å²) in [7, 11) is 0. The van der Waals surface area contributed by atoms with Gasteiger partial charge in [-0.1, -0.05) is 25.5 Å². The number of hydrogen-bond donors (Lipinski definition) is 0. The van der Waals surface area contributed by atoms with Crippen molar-refractivity contribution in [3.8, 4) is 0 Å². The molecular weight excluding hydrogens is 344 g/mol. The summed E-state index contributed by atoms with van der Waals surface area (Å²) in [5.41, 5.74) is 1.08. The van der Waals surface area contributed by atoms with E-state index in [-0.39, 0.29) is 22.6 Å². The predicted molar refractivity (Wildman–Crippen MR) is 104 cm³/mol. The molecule has 1 aromatic rings. The molecular formula is C20H30N4O3. The largest absolute Gasteiger partial charge is 0.339 e. The van der Waals surface area contributed by atoms with Crippen molar-refractivity contribution in [2.75, 3.05) is 39.3 Å². The van der Waals surface area contributed by atoms with Crippen LogP contribution in [-0.4, -0.2) is 70.8 Å². The van der Waals surface area contributed by atoms with Crippen LogP contribution in [0.15, 0.2) is 24.3 Å². The van der Waals surface area contributed by atoms with Crippen molar-refractivity contribution in [1.29, 1.82) is 0 Å². The molecule has 2 saturated heterocycles. The molecule has 1 aromatic carbocycles. The van der Waals surface area contributed by atoms with E-state index in [0.29, 0.717) is 6.54 Å². The number of non-ortho nitro benzene ring substituents is 1. The van der Waals surface area contributed by atoms with Gasteiger partial charge in [0.25, 0.3) is 5.69 Å². The van der Waals surface area contributed by atoms with Gasteiger partial charge in [0.15, 0.2) is 0 Å². The number of carbonyl (C=O) groups excluding carboxylic acids is 1. The quantitative estimate of drug-likeness (QED) is 0.565. The van der Waals surface area contributed by atoms with Crippen LogP contribution in [0.2, 0.25) is 0 Å². The summed E-state index contributed by atoms with van der Waals surface area (Å²) < 4.78 is 0. The summed E-state index contributed by atoms with van der Waals surface area (Å²) in [6, 6.07) is 6.88. The number of rotatable bonds is 6. The molecule has 2 aliphatic heterocycles. The van der Waals surface area contributed by atoms with Gasteiger partial charge in [0.05, 0.1) is 11.0 Å². The van der Waals surface area contributed by atoms with Gasteiger partial charge in [0, 0.05) is 44.9 Å². The zero-order valence-electron chi connectivity index (χ0n) is 16.2. The van der Waals surface area contributed by atoms with Crippen LogP contribution in [0.25, 0.3) is 0 Å². The molecule has 0 saturated carbocycles. The maximum absolute atomic E-state index is 13.0. The summed E-state index contributed by atoms with van der Waals surface area (Å²) in [6.07, 6.45) is 4.40. The smallest absolute Gasteiger partial charge is 0.269 e. The maximum atomic E-state index is 13.0. The van der Waals surface area contributed by atoms with Crippen LogP contribution in [0.3, 0.4) is 0 Å². The Balaban J connectivity index is 1.53. The molecule has 0 N–H and O–H groups in total. The molecule has 148 valence electrons. The third-order valence-electron chi connectivity index (χ3n) is 5.62. The van der Waals surface area contributed by atoms with Crippen LogP contribution in [0.4, 0.5) is 5.69 Å². The average Bonchev–Trinajstić information content (AvgIpc) is 2.69. The minimum atomic E-state index is -0.355. The first-order chi connectivity index (χ1) is 13.1. The lowest BCUT2D eigenvalue weighted by atomic mass is 10.00. The van der Waals surface area contributed by atoms with Gasteiger partial charge in [-0.05, 0) is 37.9 Å². The molecule has 7 nitrogen and oxygen atoms in total. The molecule has 7 heteroatoms. The SMILES string of the molecule is CCCN1CCCCC1C(=O)N1CCN(Cc2cccc([N+](=O)[O-])c2)CC1. The molecule has 27 heavy (non-hydrogen) atoms. The molecule has 0 spiro atoms. The Morgan fingerprint density at radius 1 is 1.19 bits per heavy atom. The normalized spacial score (nSPS) is 22.0. The van der Waals surface area contributed by atoms with Gasteiger partial charge in [0.1, 0.15) is 0 Å². The highest BCUT2D eigenvalue weighted by atomic mass is 16.6. The van der Waals surface area contributed by atoms with Crippen molar-refractivity contribution in [3.63, 3.8) is 0 Å². The fourth-order valence-electron chi connectivity index (χ4n) is 4.19. The number of hydrogen-bond acceptors (Lipinski definition) is 5. The first-order valence-electron chi connectivity index (χ1n) is 10.1. The molecule has 0 bridgehead atoms. The van der Waals surface area contributed by atoms with E-state index in [1.54, 1.807) is 12.1 Å². The highest BCUT2D eigenvalue weighted by Gasteiger charge is 2.32. The van der Waals surface area contributed by atoms with E-state index in [1.807, 2.05) is 11.0 Å². The van der Waals surface area contributed by atoms with Gasteiger partial charge in [0.2, 0.25) is 5.91 Å².